The molecule has 23 heavy (non-hydrogen) atoms. The van der Waals surface area contributed by atoms with Crippen molar-refractivity contribution in [2.45, 2.75) is 13.8 Å². The molecule has 1 aromatic carbocycles. The predicted octanol–water partition coefficient (Wildman–Crippen LogP) is 2.45. The summed E-state index contributed by atoms with van der Waals surface area (Å²) in [5.41, 5.74) is -1.34. The highest BCUT2D eigenvalue weighted by Crippen LogP contribution is 2.50. The Balaban J connectivity index is 2.75. The second-order valence-corrected chi connectivity index (χ2v) is 5.82. The van der Waals surface area contributed by atoms with E-state index in [1.54, 1.807) is 18.2 Å². The first-order chi connectivity index (χ1) is 10.8. The summed E-state index contributed by atoms with van der Waals surface area (Å²) in [6.45, 7) is 0.597. The third kappa shape index (κ3) is 7.05. The van der Waals surface area contributed by atoms with Gasteiger partial charge in [-0.2, -0.15) is 0 Å². The third-order valence-electron chi connectivity index (χ3n) is 2.14. The van der Waals surface area contributed by atoms with Crippen molar-refractivity contribution in [2.24, 2.45) is 0 Å². The molecule has 10 heteroatoms. The summed E-state index contributed by atoms with van der Waals surface area (Å²) < 4.78 is 35.5. The zero-order valence-electron chi connectivity index (χ0n) is 12.4. The molecule has 0 aliphatic rings. The summed E-state index contributed by atoms with van der Waals surface area (Å²) in [6, 6.07) is 7.76. The summed E-state index contributed by atoms with van der Waals surface area (Å²) >= 11 is 0. The summed E-state index contributed by atoms with van der Waals surface area (Å²) in [6.07, 6.45) is 0. The lowest BCUT2D eigenvalue weighted by atomic mass is 10.3. The number of carbonyl (C=O) groups excluding carboxylic acids is 3. The number of esters is 2. The molecule has 1 aromatic rings. The van der Waals surface area contributed by atoms with Crippen LogP contribution in [0, 0.1) is 0 Å². The Bertz CT molecular complexity index is 575. The van der Waals surface area contributed by atoms with Crippen LogP contribution in [-0.2, 0) is 32.7 Å². The van der Waals surface area contributed by atoms with Gasteiger partial charge < -0.3 is 14.2 Å². The number of rotatable bonds is 8. The van der Waals surface area contributed by atoms with Crippen molar-refractivity contribution in [3.8, 4) is 5.75 Å². The molecule has 0 unspecified atom stereocenters. The van der Waals surface area contributed by atoms with Gasteiger partial charge >= 0.3 is 25.2 Å². The fourth-order valence-electron chi connectivity index (χ4n) is 1.15. The van der Waals surface area contributed by atoms with Gasteiger partial charge in [0.1, 0.15) is 5.75 Å². The minimum absolute atomic E-state index is 0.102. The Kier molecular flexibility index (Phi) is 7.40. The number of hydrogen-bond donors (Lipinski definition) is 0. The zero-order valence-corrected chi connectivity index (χ0v) is 13.3. The average molecular weight is 346 g/mol. The molecule has 0 heterocycles. The van der Waals surface area contributed by atoms with Crippen molar-refractivity contribution in [3.63, 3.8) is 0 Å². The molecule has 0 saturated heterocycles. The van der Waals surface area contributed by atoms with E-state index >= 15 is 0 Å². The van der Waals surface area contributed by atoms with E-state index < -0.39 is 38.8 Å². The van der Waals surface area contributed by atoms with E-state index in [0.717, 1.165) is 13.8 Å². The minimum Gasteiger partial charge on any atom is -0.438 e. The summed E-state index contributed by atoms with van der Waals surface area (Å²) in [5, 5.41) is 0. The number of hydrogen-bond acceptors (Lipinski definition) is 9. The Labute approximate surface area is 132 Å². The van der Waals surface area contributed by atoms with Gasteiger partial charge in [0.05, 0.1) is 0 Å². The van der Waals surface area contributed by atoms with Gasteiger partial charge in [0.25, 0.3) is 0 Å². The monoisotopic (exact) mass is 346 g/mol. The van der Waals surface area contributed by atoms with E-state index in [0.29, 0.717) is 0 Å². The highest BCUT2D eigenvalue weighted by atomic mass is 31.2. The predicted molar refractivity (Wildman–Crippen MR) is 75.5 cm³/mol. The van der Waals surface area contributed by atoms with Crippen molar-refractivity contribution in [3.05, 3.63) is 30.3 Å². The first kappa shape index (κ1) is 18.8. The summed E-state index contributed by atoms with van der Waals surface area (Å²) in [7, 11) is -4.50. The van der Waals surface area contributed by atoms with Crippen LogP contribution in [0.5, 0.6) is 5.75 Å². The molecular formula is C13H15O9P. The quantitative estimate of drug-likeness (QED) is 0.397. The van der Waals surface area contributed by atoms with Crippen molar-refractivity contribution in [1.82, 2.24) is 0 Å². The van der Waals surface area contributed by atoms with Gasteiger partial charge in [0, 0.05) is 13.8 Å². The van der Waals surface area contributed by atoms with Gasteiger partial charge in [-0.3, -0.25) is 18.6 Å². The van der Waals surface area contributed by atoms with E-state index in [1.165, 1.54) is 12.1 Å². The van der Waals surface area contributed by atoms with E-state index in [4.69, 9.17) is 4.74 Å². The molecule has 0 bridgehead atoms. The molecule has 0 amide bonds. The number of benzene rings is 1. The van der Waals surface area contributed by atoms with Crippen LogP contribution in [0.2, 0.25) is 0 Å². The molecule has 0 N–H and O–H groups in total. The zero-order chi connectivity index (χ0) is 17.3. The van der Waals surface area contributed by atoms with Gasteiger partial charge in [0.15, 0.2) is 0 Å². The molecular weight excluding hydrogens is 331 g/mol. The first-order valence-corrected chi connectivity index (χ1v) is 7.81. The van der Waals surface area contributed by atoms with Gasteiger partial charge in [-0.1, -0.05) is 18.2 Å². The molecule has 0 radical (unpaired) electrons. The van der Waals surface area contributed by atoms with Crippen molar-refractivity contribution in [2.75, 3.05) is 13.6 Å². The van der Waals surface area contributed by atoms with Crippen LogP contribution in [0.1, 0.15) is 13.8 Å². The molecule has 0 atom stereocenters. The average Bonchev–Trinajstić information content (AvgIpc) is 2.47. The van der Waals surface area contributed by atoms with Crippen LogP contribution < -0.4 is 4.74 Å². The molecule has 1 rings (SSSR count). The maximum atomic E-state index is 12.4. The van der Waals surface area contributed by atoms with E-state index in [-0.39, 0.29) is 5.75 Å². The maximum Gasteiger partial charge on any atom is 0.444 e. The lowest BCUT2D eigenvalue weighted by molar-refractivity contribution is -0.149. The Morgan fingerprint density at radius 2 is 1.39 bits per heavy atom. The van der Waals surface area contributed by atoms with Crippen LogP contribution in [0.4, 0.5) is 4.79 Å². The second-order valence-electron chi connectivity index (χ2n) is 3.94. The molecule has 0 aromatic heterocycles. The van der Waals surface area contributed by atoms with Crippen molar-refractivity contribution in [1.29, 1.82) is 0 Å². The topological polar surface area (TPSA) is 114 Å². The maximum absolute atomic E-state index is 12.4. The second kappa shape index (κ2) is 9.04. The Hall–Kier alpha value is -2.22. The molecule has 0 fully saturated rings. The lowest BCUT2D eigenvalue weighted by Gasteiger charge is -2.16. The van der Waals surface area contributed by atoms with Gasteiger partial charge in [-0.15, -0.1) is 0 Å². The summed E-state index contributed by atoms with van der Waals surface area (Å²) in [5.74, 6) is -1.33. The highest BCUT2D eigenvalue weighted by molar-refractivity contribution is 7.71. The number of carbonyl (C=O) groups is 3. The molecule has 0 aliphatic carbocycles. The molecule has 126 valence electrons. The van der Waals surface area contributed by atoms with Gasteiger partial charge in [0.2, 0.25) is 13.6 Å². The van der Waals surface area contributed by atoms with Crippen LogP contribution in [0.3, 0.4) is 0 Å². The standard InChI is InChI=1S/C13H15O9P/c1-10(14)18-8-20-23(17,21-9-19-11(2)15)13(16)22-12-6-4-3-5-7-12/h3-7H,8-9H2,1-2H3. The SMILES string of the molecule is CC(=O)OCOP(=O)(OCOC(C)=O)C(=O)Oc1ccccc1. The van der Waals surface area contributed by atoms with Crippen LogP contribution in [0.25, 0.3) is 0 Å². The van der Waals surface area contributed by atoms with Crippen molar-refractivity contribution >= 4 is 25.2 Å². The van der Waals surface area contributed by atoms with E-state index in [9.17, 15) is 18.9 Å². The highest BCUT2D eigenvalue weighted by Gasteiger charge is 2.39. The third-order valence-corrected chi connectivity index (χ3v) is 3.57. The van der Waals surface area contributed by atoms with Crippen LogP contribution in [-0.4, -0.2) is 31.2 Å². The largest absolute Gasteiger partial charge is 0.444 e. The first-order valence-electron chi connectivity index (χ1n) is 6.27. The van der Waals surface area contributed by atoms with Crippen LogP contribution in [0.15, 0.2) is 30.3 Å². The Morgan fingerprint density at radius 3 is 1.83 bits per heavy atom. The molecule has 9 nitrogen and oxygen atoms in total. The van der Waals surface area contributed by atoms with Crippen molar-refractivity contribution < 1.29 is 42.2 Å². The molecule has 0 aliphatic heterocycles. The van der Waals surface area contributed by atoms with E-state index in [1.807, 2.05) is 0 Å². The summed E-state index contributed by atoms with van der Waals surface area (Å²) in [4.78, 5) is 33.3. The Morgan fingerprint density at radius 1 is 0.913 bits per heavy atom. The molecule has 0 spiro atoms. The van der Waals surface area contributed by atoms with Crippen LogP contribution >= 0.6 is 7.60 Å². The van der Waals surface area contributed by atoms with Gasteiger partial charge in [-0.25, -0.2) is 9.36 Å². The smallest absolute Gasteiger partial charge is 0.438 e. The fourth-order valence-corrected chi connectivity index (χ4v) is 2.03. The number of para-hydroxylation sites is 1. The van der Waals surface area contributed by atoms with Gasteiger partial charge in [-0.05, 0) is 12.1 Å². The lowest BCUT2D eigenvalue weighted by Crippen LogP contribution is -2.16. The van der Waals surface area contributed by atoms with E-state index in [2.05, 4.69) is 18.5 Å². The normalized spacial score (nSPS) is 10.7. The molecule has 0 saturated carbocycles. The number of ether oxygens (including phenoxy) is 3. The fraction of sp³-hybridized carbons (Fsp3) is 0.308. The minimum atomic E-state index is -4.50.